The fraction of sp³-hybridized carbons (Fsp3) is 0.500. The molecule has 82 valence electrons. The minimum Gasteiger partial charge on any atom is -0.294 e. The largest absolute Gasteiger partial charge is 0.294 e. The van der Waals surface area contributed by atoms with Gasteiger partial charge in [-0.3, -0.25) is 4.79 Å². The number of rotatable bonds is 4. The van der Waals surface area contributed by atoms with Gasteiger partial charge in [0.25, 0.3) is 0 Å². The molecule has 0 radical (unpaired) electrons. The summed E-state index contributed by atoms with van der Waals surface area (Å²) in [6.07, 6.45) is 1.73. The van der Waals surface area contributed by atoms with Crippen molar-refractivity contribution >= 4 is 5.78 Å². The van der Waals surface area contributed by atoms with Gasteiger partial charge >= 0.3 is 0 Å². The third kappa shape index (κ3) is 3.19. The highest BCUT2D eigenvalue weighted by atomic mass is 16.1. The maximum atomic E-state index is 12.0. The predicted octanol–water partition coefficient (Wildman–Crippen LogP) is 3.92. The topological polar surface area (TPSA) is 17.1 Å². The van der Waals surface area contributed by atoms with Gasteiger partial charge in [0.2, 0.25) is 0 Å². The lowest BCUT2D eigenvalue weighted by atomic mass is 9.94. The van der Waals surface area contributed by atoms with Gasteiger partial charge in [0.15, 0.2) is 5.78 Å². The van der Waals surface area contributed by atoms with Crippen molar-refractivity contribution in [3.05, 3.63) is 34.9 Å². The molecule has 1 aromatic rings. The van der Waals surface area contributed by atoms with E-state index in [0.29, 0.717) is 12.3 Å². The molecule has 1 atom stereocenters. The van der Waals surface area contributed by atoms with Gasteiger partial charge in [0, 0.05) is 12.0 Å². The molecule has 0 spiro atoms. The molecule has 15 heavy (non-hydrogen) atoms. The minimum absolute atomic E-state index is 0.283. The van der Waals surface area contributed by atoms with Crippen LogP contribution in [0.2, 0.25) is 0 Å². The number of hydrogen-bond donors (Lipinski definition) is 0. The highest BCUT2D eigenvalue weighted by Gasteiger charge is 2.12. The van der Waals surface area contributed by atoms with Crippen LogP contribution < -0.4 is 0 Å². The second kappa shape index (κ2) is 5.11. The summed E-state index contributed by atoms with van der Waals surface area (Å²) in [5, 5.41) is 0. The molecule has 0 aliphatic carbocycles. The number of ketones is 1. The molecule has 1 nitrogen and oxygen atoms in total. The Bertz CT molecular complexity index is 352. The summed E-state index contributed by atoms with van der Waals surface area (Å²) in [5.41, 5.74) is 3.15. The van der Waals surface area contributed by atoms with Crippen molar-refractivity contribution in [1.29, 1.82) is 0 Å². The molecular weight excluding hydrogens is 184 g/mol. The van der Waals surface area contributed by atoms with Crippen molar-refractivity contribution in [3.8, 4) is 0 Å². The van der Waals surface area contributed by atoms with Crippen LogP contribution in [0, 0.1) is 19.8 Å². The van der Waals surface area contributed by atoms with Crippen LogP contribution in [0.4, 0.5) is 0 Å². The van der Waals surface area contributed by atoms with Crippen molar-refractivity contribution in [2.75, 3.05) is 0 Å². The third-order valence-electron chi connectivity index (χ3n) is 2.92. The first-order valence-corrected chi connectivity index (χ1v) is 5.65. The molecule has 1 heteroatoms. The van der Waals surface area contributed by atoms with Crippen molar-refractivity contribution in [1.82, 2.24) is 0 Å². The standard InChI is InChI=1S/C14H20O/c1-5-10(2)9-14(15)13-8-11(3)6-7-12(13)4/h6-8,10H,5,9H2,1-4H3. The van der Waals surface area contributed by atoms with Gasteiger partial charge in [-0.1, -0.05) is 38.0 Å². The minimum atomic E-state index is 0.283. The van der Waals surface area contributed by atoms with E-state index in [9.17, 15) is 4.79 Å². The van der Waals surface area contributed by atoms with Crippen molar-refractivity contribution in [2.24, 2.45) is 5.92 Å². The molecular formula is C14H20O. The van der Waals surface area contributed by atoms with Crippen LogP contribution in [-0.4, -0.2) is 5.78 Å². The molecule has 0 aromatic heterocycles. The van der Waals surface area contributed by atoms with Gasteiger partial charge in [0.05, 0.1) is 0 Å². The summed E-state index contributed by atoms with van der Waals surface area (Å²) >= 11 is 0. The molecule has 0 amide bonds. The van der Waals surface area contributed by atoms with E-state index in [1.807, 2.05) is 26.0 Å². The summed E-state index contributed by atoms with van der Waals surface area (Å²) in [7, 11) is 0. The molecule has 1 rings (SSSR count). The quantitative estimate of drug-likeness (QED) is 0.679. The van der Waals surface area contributed by atoms with E-state index in [1.54, 1.807) is 0 Å². The Balaban J connectivity index is 2.86. The Labute approximate surface area is 92.5 Å². The van der Waals surface area contributed by atoms with E-state index in [2.05, 4.69) is 19.9 Å². The first-order chi connectivity index (χ1) is 7.04. The monoisotopic (exact) mass is 204 g/mol. The van der Waals surface area contributed by atoms with Gasteiger partial charge in [-0.15, -0.1) is 0 Å². The average molecular weight is 204 g/mol. The van der Waals surface area contributed by atoms with Crippen LogP contribution in [0.1, 0.15) is 48.2 Å². The lowest BCUT2D eigenvalue weighted by Crippen LogP contribution is -2.07. The van der Waals surface area contributed by atoms with Crippen LogP contribution >= 0.6 is 0 Å². The Kier molecular flexibility index (Phi) is 4.07. The Morgan fingerprint density at radius 1 is 1.33 bits per heavy atom. The fourth-order valence-electron chi connectivity index (χ4n) is 1.61. The van der Waals surface area contributed by atoms with Gasteiger partial charge < -0.3 is 0 Å². The molecule has 0 saturated heterocycles. The van der Waals surface area contributed by atoms with E-state index in [0.717, 1.165) is 23.1 Å². The summed E-state index contributed by atoms with van der Waals surface area (Å²) in [4.78, 5) is 12.0. The average Bonchev–Trinajstić information content (AvgIpc) is 2.21. The van der Waals surface area contributed by atoms with Gasteiger partial charge in [0.1, 0.15) is 0 Å². The SMILES string of the molecule is CCC(C)CC(=O)c1cc(C)ccc1C. The smallest absolute Gasteiger partial charge is 0.163 e. The molecule has 0 fully saturated rings. The van der Waals surface area contributed by atoms with E-state index < -0.39 is 0 Å². The fourth-order valence-corrected chi connectivity index (χ4v) is 1.61. The molecule has 0 N–H and O–H groups in total. The Morgan fingerprint density at radius 3 is 2.60 bits per heavy atom. The van der Waals surface area contributed by atoms with E-state index in [1.165, 1.54) is 0 Å². The number of hydrogen-bond acceptors (Lipinski definition) is 1. The second-order valence-corrected chi connectivity index (χ2v) is 4.46. The lowest BCUT2D eigenvalue weighted by Gasteiger charge is -2.09. The summed E-state index contributed by atoms with van der Waals surface area (Å²) in [5.74, 6) is 0.767. The summed E-state index contributed by atoms with van der Waals surface area (Å²) in [6.45, 7) is 8.28. The van der Waals surface area contributed by atoms with E-state index in [-0.39, 0.29) is 5.78 Å². The Morgan fingerprint density at radius 2 is 2.00 bits per heavy atom. The molecule has 1 unspecified atom stereocenters. The first-order valence-electron chi connectivity index (χ1n) is 5.65. The van der Waals surface area contributed by atoms with Gasteiger partial charge in [-0.25, -0.2) is 0 Å². The highest BCUT2D eigenvalue weighted by Crippen LogP contribution is 2.16. The van der Waals surface area contributed by atoms with Crippen LogP contribution in [0.3, 0.4) is 0 Å². The van der Waals surface area contributed by atoms with Crippen molar-refractivity contribution < 1.29 is 4.79 Å². The number of benzene rings is 1. The maximum Gasteiger partial charge on any atom is 0.163 e. The molecule has 0 bridgehead atoms. The van der Waals surface area contributed by atoms with Crippen LogP contribution in [0.15, 0.2) is 18.2 Å². The number of aryl methyl sites for hydroxylation is 2. The zero-order valence-electron chi connectivity index (χ0n) is 10.1. The van der Waals surface area contributed by atoms with E-state index >= 15 is 0 Å². The van der Waals surface area contributed by atoms with Crippen LogP contribution in [-0.2, 0) is 0 Å². The molecule has 0 saturated carbocycles. The third-order valence-corrected chi connectivity index (χ3v) is 2.92. The predicted molar refractivity (Wildman–Crippen MR) is 64.3 cm³/mol. The highest BCUT2D eigenvalue weighted by molar-refractivity contribution is 5.97. The molecule has 0 aliphatic rings. The first kappa shape index (κ1) is 12.0. The lowest BCUT2D eigenvalue weighted by molar-refractivity contribution is 0.0963. The number of carbonyl (C=O) groups excluding carboxylic acids is 1. The van der Waals surface area contributed by atoms with Gasteiger partial charge in [-0.2, -0.15) is 0 Å². The van der Waals surface area contributed by atoms with Crippen LogP contribution in [0.25, 0.3) is 0 Å². The van der Waals surface area contributed by atoms with E-state index in [4.69, 9.17) is 0 Å². The van der Waals surface area contributed by atoms with Gasteiger partial charge in [-0.05, 0) is 31.4 Å². The molecule has 0 heterocycles. The number of Topliss-reactive ketones (excluding diaryl/α,β-unsaturated/α-hetero) is 1. The second-order valence-electron chi connectivity index (χ2n) is 4.46. The Hall–Kier alpha value is -1.11. The number of carbonyl (C=O) groups is 1. The maximum absolute atomic E-state index is 12.0. The normalized spacial score (nSPS) is 12.5. The summed E-state index contributed by atoms with van der Waals surface area (Å²) in [6, 6.07) is 6.08. The van der Waals surface area contributed by atoms with Crippen LogP contribution in [0.5, 0.6) is 0 Å². The summed E-state index contributed by atoms with van der Waals surface area (Å²) < 4.78 is 0. The zero-order valence-corrected chi connectivity index (χ0v) is 10.1. The van der Waals surface area contributed by atoms with Crippen molar-refractivity contribution in [3.63, 3.8) is 0 Å². The molecule has 1 aromatic carbocycles. The molecule has 0 aliphatic heterocycles. The van der Waals surface area contributed by atoms with Crippen molar-refractivity contribution in [2.45, 2.75) is 40.5 Å². The zero-order chi connectivity index (χ0) is 11.4.